The Morgan fingerprint density at radius 1 is 1.29 bits per heavy atom. The van der Waals surface area contributed by atoms with Crippen molar-refractivity contribution in [1.82, 2.24) is 15.2 Å². The standard InChI is InChI=1S/C19H19N3O2/c23-19(21-12-4-8-16-6-2-1-3-7-16)22-13-10-18(15-22)24-17-9-5-11-20-14-17/h1-3,5-7,9,11,14,18H,10,12-13,15H2,(H,21,23). The van der Waals surface area contributed by atoms with Crippen molar-refractivity contribution in [3.63, 3.8) is 0 Å². The highest BCUT2D eigenvalue weighted by Gasteiger charge is 2.27. The summed E-state index contributed by atoms with van der Waals surface area (Å²) in [4.78, 5) is 17.9. The number of pyridine rings is 1. The van der Waals surface area contributed by atoms with E-state index in [1.54, 1.807) is 17.3 Å². The zero-order valence-electron chi connectivity index (χ0n) is 13.3. The van der Waals surface area contributed by atoms with E-state index in [0.29, 0.717) is 19.6 Å². The Balaban J connectivity index is 1.43. The number of benzene rings is 1. The van der Waals surface area contributed by atoms with E-state index in [1.807, 2.05) is 42.5 Å². The Morgan fingerprint density at radius 2 is 2.17 bits per heavy atom. The molecule has 1 atom stereocenters. The highest BCUT2D eigenvalue weighted by molar-refractivity contribution is 5.74. The lowest BCUT2D eigenvalue weighted by molar-refractivity contribution is 0.187. The lowest BCUT2D eigenvalue weighted by Gasteiger charge is -2.17. The lowest BCUT2D eigenvalue weighted by Crippen LogP contribution is -2.39. The fourth-order valence-electron chi connectivity index (χ4n) is 2.52. The Labute approximate surface area is 141 Å². The minimum atomic E-state index is -0.102. The van der Waals surface area contributed by atoms with Crippen LogP contribution in [0.25, 0.3) is 0 Å². The highest BCUT2D eigenvalue weighted by atomic mass is 16.5. The first-order valence-corrected chi connectivity index (χ1v) is 7.94. The minimum absolute atomic E-state index is 0.00959. The second-order valence-electron chi connectivity index (χ2n) is 5.49. The van der Waals surface area contributed by atoms with Gasteiger partial charge in [-0.25, -0.2) is 4.79 Å². The van der Waals surface area contributed by atoms with Crippen LogP contribution in [0.4, 0.5) is 4.79 Å². The number of carbonyl (C=O) groups excluding carboxylic acids is 1. The highest BCUT2D eigenvalue weighted by Crippen LogP contribution is 2.17. The van der Waals surface area contributed by atoms with E-state index in [-0.39, 0.29) is 12.1 Å². The first kappa shape index (κ1) is 15.9. The summed E-state index contributed by atoms with van der Waals surface area (Å²) in [5.74, 6) is 6.71. The van der Waals surface area contributed by atoms with Crippen LogP contribution in [0.3, 0.4) is 0 Å². The summed E-state index contributed by atoms with van der Waals surface area (Å²) >= 11 is 0. The van der Waals surface area contributed by atoms with Gasteiger partial charge >= 0.3 is 6.03 Å². The maximum Gasteiger partial charge on any atom is 0.318 e. The van der Waals surface area contributed by atoms with Crippen LogP contribution in [0.1, 0.15) is 12.0 Å². The zero-order chi connectivity index (χ0) is 16.6. The fraction of sp³-hybridized carbons (Fsp3) is 0.263. The molecular weight excluding hydrogens is 302 g/mol. The smallest absolute Gasteiger partial charge is 0.318 e. The van der Waals surface area contributed by atoms with E-state index >= 15 is 0 Å². The van der Waals surface area contributed by atoms with Crippen LogP contribution in [-0.2, 0) is 0 Å². The van der Waals surface area contributed by atoms with Crippen molar-refractivity contribution >= 4 is 6.03 Å². The third-order valence-electron chi connectivity index (χ3n) is 3.70. The molecule has 122 valence electrons. The molecule has 0 bridgehead atoms. The summed E-state index contributed by atoms with van der Waals surface area (Å²) in [5, 5.41) is 2.82. The predicted octanol–water partition coefficient (Wildman–Crippen LogP) is 2.30. The van der Waals surface area contributed by atoms with Gasteiger partial charge in [0.2, 0.25) is 0 Å². The summed E-state index contributed by atoms with van der Waals surface area (Å²) in [6, 6.07) is 13.3. The van der Waals surface area contributed by atoms with Gasteiger partial charge in [-0.2, -0.15) is 0 Å². The second-order valence-corrected chi connectivity index (χ2v) is 5.49. The molecule has 1 unspecified atom stereocenters. The van der Waals surface area contributed by atoms with Crippen LogP contribution in [0, 0.1) is 11.8 Å². The first-order chi connectivity index (χ1) is 11.8. The molecule has 3 rings (SSSR count). The monoisotopic (exact) mass is 321 g/mol. The van der Waals surface area contributed by atoms with Crippen molar-refractivity contribution in [2.45, 2.75) is 12.5 Å². The average Bonchev–Trinajstić information content (AvgIpc) is 3.09. The molecule has 1 aliphatic rings. The summed E-state index contributed by atoms with van der Waals surface area (Å²) in [6.07, 6.45) is 4.22. The van der Waals surface area contributed by atoms with Crippen LogP contribution in [0.2, 0.25) is 0 Å². The van der Waals surface area contributed by atoms with E-state index in [2.05, 4.69) is 22.1 Å². The average molecular weight is 321 g/mol. The number of urea groups is 1. The van der Waals surface area contributed by atoms with Crippen LogP contribution >= 0.6 is 0 Å². The van der Waals surface area contributed by atoms with Gasteiger partial charge in [-0.05, 0) is 24.3 Å². The van der Waals surface area contributed by atoms with Gasteiger partial charge in [0.15, 0.2) is 0 Å². The number of hydrogen-bond acceptors (Lipinski definition) is 3. The Kier molecular flexibility index (Phi) is 5.31. The van der Waals surface area contributed by atoms with Gasteiger partial charge in [0.1, 0.15) is 11.9 Å². The van der Waals surface area contributed by atoms with Gasteiger partial charge in [-0.1, -0.05) is 30.0 Å². The van der Waals surface area contributed by atoms with Crippen molar-refractivity contribution in [2.24, 2.45) is 0 Å². The van der Waals surface area contributed by atoms with E-state index in [4.69, 9.17) is 4.74 Å². The van der Waals surface area contributed by atoms with Crippen LogP contribution in [0.15, 0.2) is 54.9 Å². The van der Waals surface area contributed by atoms with Crippen molar-refractivity contribution in [2.75, 3.05) is 19.6 Å². The molecule has 0 radical (unpaired) electrons. The molecule has 5 heteroatoms. The molecule has 2 heterocycles. The molecule has 1 N–H and O–H groups in total. The molecule has 0 aliphatic carbocycles. The van der Waals surface area contributed by atoms with Gasteiger partial charge in [-0.15, -0.1) is 0 Å². The molecule has 1 aliphatic heterocycles. The Morgan fingerprint density at radius 3 is 2.96 bits per heavy atom. The summed E-state index contributed by atoms with van der Waals surface area (Å²) in [6.45, 7) is 1.59. The number of ether oxygens (including phenoxy) is 1. The van der Waals surface area contributed by atoms with Gasteiger partial charge < -0.3 is 15.0 Å². The van der Waals surface area contributed by atoms with Gasteiger partial charge in [-0.3, -0.25) is 4.98 Å². The maximum atomic E-state index is 12.1. The Hall–Kier alpha value is -3.00. The fourth-order valence-corrected chi connectivity index (χ4v) is 2.52. The topological polar surface area (TPSA) is 54.5 Å². The van der Waals surface area contributed by atoms with Crippen molar-refractivity contribution < 1.29 is 9.53 Å². The second kappa shape index (κ2) is 8.02. The molecule has 0 saturated carbocycles. The van der Waals surface area contributed by atoms with E-state index < -0.39 is 0 Å². The molecular formula is C19H19N3O2. The van der Waals surface area contributed by atoms with Crippen LogP contribution < -0.4 is 10.1 Å². The van der Waals surface area contributed by atoms with Crippen LogP contribution in [-0.4, -0.2) is 41.7 Å². The number of amides is 2. The molecule has 0 spiro atoms. The molecule has 1 fully saturated rings. The first-order valence-electron chi connectivity index (χ1n) is 7.94. The largest absolute Gasteiger partial charge is 0.487 e. The normalized spacial score (nSPS) is 16.2. The SMILES string of the molecule is O=C(NCC#Cc1ccccc1)N1CCC(Oc2cccnc2)C1. The molecule has 1 aromatic carbocycles. The van der Waals surface area contributed by atoms with E-state index in [0.717, 1.165) is 17.7 Å². The van der Waals surface area contributed by atoms with Crippen molar-refractivity contribution in [3.05, 3.63) is 60.4 Å². The number of likely N-dealkylation sites (tertiary alicyclic amines) is 1. The predicted molar refractivity (Wildman–Crippen MR) is 91.6 cm³/mol. The summed E-state index contributed by atoms with van der Waals surface area (Å²) in [5.41, 5.74) is 0.942. The Bertz CT molecular complexity index is 723. The number of carbonyl (C=O) groups is 1. The third kappa shape index (κ3) is 4.50. The zero-order valence-corrected chi connectivity index (χ0v) is 13.3. The van der Waals surface area contributed by atoms with Crippen LogP contribution in [0.5, 0.6) is 5.75 Å². The van der Waals surface area contributed by atoms with Crippen molar-refractivity contribution in [3.8, 4) is 17.6 Å². The maximum absolute atomic E-state index is 12.1. The van der Waals surface area contributed by atoms with E-state index in [1.165, 1.54) is 0 Å². The molecule has 2 amide bonds. The summed E-state index contributed by atoms with van der Waals surface area (Å²) < 4.78 is 5.83. The third-order valence-corrected chi connectivity index (χ3v) is 3.70. The molecule has 2 aromatic rings. The number of nitrogens with one attached hydrogen (secondary N) is 1. The summed E-state index contributed by atoms with van der Waals surface area (Å²) in [7, 11) is 0. The molecule has 24 heavy (non-hydrogen) atoms. The van der Waals surface area contributed by atoms with Crippen molar-refractivity contribution in [1.29, 1.82) is 0 Å². The number of hydrogen-bond donors (Lipinski definition) is 1. The quantitative estimate of drug-likeness (QED) is 0.883. The van der Waals surface area contributed by atoms with E-state index in [9.17, 15) is 4.79 Å². The molecule has 5 nitrogen and oxygen atoms in total. The van der Waals surface area contributed by atoms with Gasteiger partial charge in [0.05, 0.1) is 19.3 Å². The van der Waals surface area contributed by atoms with Gasteiger partial charge in [0, 0.05) is 24.7 Å². The molecule has 1 saturated heterocycles. The molecule has 1 aromatic heterocycles. The number of rotatable bonds is 3. The van der Waals surface area contributed by atoms with Gasteiger partial charge in [0.25, 0.3) is 0 Å². The lowest BCUT2D eigenvalue weighted by atomic mass is 10.2. The number of aromatic nitrogens is 1. The minimum Gasteiger partial charge on any atom is -0.487 e. The number of nitrogens with zero attached hydrogens (tertiary/aromatic N) is 2.